The Kier molecular flexibility index (Phi) is 4.86. The lowest BCUT2D eigenvalue weighted by Crippen LogP contribution is -2.39. The number of fused-ring (bicyclic) bond motifs is 1. The highest BCUT2D eigenvalue weighted by Gasteiger charge is 2.28. The normalized spacial score (nSPS) is 17.0. The molecular weight excluding hydrogens is 380 g/mol. The SMILES string of the molecule is O=C(c1ccc2ncsc2c1)N1CCC[C@@H](c2[nH]ncc2Cc2ccccc2)C1. The standard InChI is InChI=1S/C23H22N4OS/c28-23(17-8-9-20-21(12-17)29-15-24-20)27-10-4-7-18(14-27)22-19(13-25-26-22)11-16-5-2-1-3-6-16/h1-3,5-6,8-9,12-13,15,18H,4,7,10-11,14H2,(H,25,26)/t18-/m1/s1. The molecule has 146 valence electrons. The van der Waals surface area contributed by atoms with Gasteiger partial charge in [-0.3, -0.25) is 9.89 Å². The first-order chi connectivity index (χ1) is 14.3. The summed E-state index contributed by atoms with van der Waals surface area (Å²) in [4.78, 5) is 19.4. The molecule has 3 heterocycles. The number of H-pyrrole nitrogens is 1. The minimum atomic E-state index is 0.106. The number of nitrogens with zero attached hydrogens (tertiary/aromatic N) is 3. The number of likely N-dealkylation sites (tertiary alicyclic amines) is 1. The van der Waals surface area contributed by atoms with Gasteiger partial charge < -0.3 is 4.90 Å². The third kappa shape index (κ3) is 3.68. The van der Waals surface area contributed by atoms with Gasteiger partial charge in [0.25, 0.3) is 5.91 Å². The molecule has 0 aliphatic carbocycles. The molecule has 1 aliphatic heterocycles. The molecule has 0 bridgehead atoms. The van der Waals surface area contributed by atoms with Crippen LogP contribution in [0.4, 0.5) is 0 Å². The molecule has 1 saturated heterocycles. The number of hydrogen-bond acceptors (Lipinski definition) is 4. The number of benzene rings is 2. The van der Waals surface area contributed by atoms with E-state index in [2.05, 4.69) is 39.4 Å². The molecule has 0 radical (unpaired) electrons. The van der Waals surface area contributed by atoms with Crippen LogP contribution in [0.25, 0.3) is 10.2 Å². The highest BCUT2D eigenvalue weighted by atomic mass is 32.1. The molecule has 0 unspecified atom stereocenters. The van der Waals surface area contributed by atoms with Gasteiger partial charge in [0.2, 0.25) is 0 Å². The van der Waals surface area contributed by atoms with Crippen LogP contribution in [0.5, 0.6) is 0 Å². The second-order valence-electron chi connectivity index (χ2n) is 7.60. The Hall–Kier alpha value is -2.99. The molecule has 1 atom stereocenters. The van der Waals surface area contributed by atoms with E-state index in [1.165, 1.54) is 16.8 Å². The fourth-order valence-corrected chi connectivity index (χ4v) is 4.92. The molecule has 1 fully saturated rings. The van der Waals surface area contributed by atoms with Crippen LogP contribution in [0, 0.1) is 0 Å². The number of amides is 1. The maximum Gasteiger partial charge on any atom is 0.253 e. The Morgan fingerprint density at radius 2 is 2.10 bits per heavy atom. The fraction of sp³-hybridized carbons (Fsp3) is 0.261. The average molecular weight is 403 g/mol. The van der Waals surface area contributed by atoms with E-state index >= 15 is 0 Å². The van der Waals surface area contributed by atoms with Crippen LogP contribution in [-0.2, 0) is 6.42 Å². The number of piperidine rings is 1. The number of aromatic nitrogens is 3. The summed E-state index contributed by atoms with van der Waals surface area (Å²) in [7, 11) is 0. The summed E-state index contributed by atoms with van der Waals surface area (Å²) in [6, 6.07) is 16.3. The molecule has 0 saturated carbocycles. The molecule has 1 amide bonds. The quantitative estimate of drug-likeness (QED) is 0.541. The van der Waals surface area contributed by atoms with Gasteiger partial charge in [-0.05, 0) is 42.2 Å². The molecule has 2 aromatic heterocycles. The van der Waals surface area contributed by atoms with E-state index in [0.29, 0.717) is 5.92 Å². The Morgan fingerprint density at radius 1 is 1.21 bits per heavy atom. The molecular formula is C23H22N4OS. The number of nitrogens with one attached hydrogen (secondary N) is 1. The maximum atomic E-state index is 13.1. The van der Waals surface area contributed by atoms with Crippen molar-refractivity contribution in [3.8, 4) is 0 Å². The second-order valence-corrected chi connectivity index (χ2v) is 8.48. The molecule has 4 aromatic rings. The van der Waals surface area contributed by atoms with E-state index in [-0.39, 0.29) is 5.91 Å². The van der Waals surface area contributed by atoms with Gasteiger partial charge in [0.1, 0.15) is 0 Å². The topological polar surface area (TPSA) is 61.9 Å². The minimum absolute atomic E-state index is 0.106. The Balaban J connectivity index is 1.34. The zero-order chi connectivity index (χ0) is 19.6. The average Bonchev–Trinajstić information content (AvgIpc) is 3.43. The lowest BCUT2D eigenvalue weighted by atomic mass is 9.90. The van der Waals surface area contributed by atoms with Crippen molar-refractivity contribution < 1.29 is 4.79 Å². The van der Waals surface area contributed by atoms with Crippen LogP contribution in [0.3, 0.4) is 0 Å². The predicted molar refractivity (Wildman–Crippen MR) is 115 cm³/mol. The van der Waals surface area contributed by atoms with Crippen LogP contribution >= 0.6 is 11.3 Å². The molecule has 1 aliphatic rings. The minimum Gasteiger partial charge on any atom is -0.338 e. The van der Waals surface area contributed by atoms with Crippen molar-refractivity contribution >= 4 is 27.5 Å². The zero-order valence-corrected chi connectivity index (χ0v) is 16.9. The van der Waals surface area contributed by atoms with Gasteiger partial charge in [-0.1, -0.05) is 30.3 Å². The molecule has 29 heavy (non-hydrogen) atoms. The van der Waals surface area contributed by atoms with Crippen molar-refractivity contribution in [3.05, 3.63) is 82.6 Å². The molecule has 5 nitrogen and oxygen atoms in total. The highest BCUT2D eigenvalue weighted by molar-refractivity contribution is 7.16. The first-order valence-electron chi connectivity index (χ1n) is 9.96. The smallest absolute Gasteiger partial charge is 0.253 e. The van der Waals surface area contributed by atoms with Gasteiger partial charge in [-0.15, -0.1) is 11.3 Å². The fourth-order valence-electron chi connectivity index (χ4n) is 4.20. The van der Waals surface area contributed by atoms with Gasteiger partial charge >= 0.3 is 0 Å². The Bertz CT molecular complexity index is 1130. The summed E-state index contributed by atoms with van der Waals surface area (Å²) in [5, 5.41) is 7.54. The van der Waals surface area contributed by atoms with E-state index in [1.807, 2.05) is 40.9 Å². The van der Waals surface area contributed by atoms with Crippen LogP contribution < -0.4 is 0 Å². The summed E-state index contributed by atoms with van der Waals surface area (Å²) in [5.74, 6) is 0.398. The number of hydrogen-bond donors (Lipinski definition) is 1. The first-order valence-corrected chi connectivity index (χ1v) is 10.8. The van der Waals surface area contributed by atoms with Crippen molar-refractivity contribution in [2.45, 2.75) is 25.2 Å². The molecule has 0 spiro atoms. The summed E-state index contributed by atoms with van der Waals surface area (Å²) < 4.78 is 1.06. The third-order valence-electron chi connectivity index (χ3n) is 5.68. The largest absolute Gasteiger partial charge is 0.338 e. The number of aromatic amines is 1. The van der Waals surface area contributed by atoms with Gasteiger partial charge in [0.05, 0.1) is 21.9 Å². The lowest BCUT2D eigenvalue weighted by Gasteiger charge is -2.33. The van der Waals surface area contributed by atoms with Crippen LogP contribution in [0.15, 0.2) is 60.2 Å². The Labute approximate surface area is 173 Å². The molecule has 5 rings (SSSR count). The van der Waals surface area contributed by atoms with Crippen molar-refractivity contribution in [1.82, 2.24) is 20.1 Å². The van der Waals surface area contributed by atoms with Gasteiger partial charge in [-0.2, -0.15) is 5.10 Å². The van der Waals surface area contributed by atoms with Crippen LogP contribution in [-0.4, -0.2) is 39.1 Å². The van der Waals surface area contributed by atoms with E-state index in [0.717, 1.165) is 48.1 Å². The van der Waals surface area contributed by atoms with Crippen LogP contribution in [0.1, 0.15) is 45.9 Å². The zero-order valence-electron chi connectivity index (χ0n) is 16.0. The molecule has 2 aromatic carbocycles. The molecule has 6 heteroatoms. The van der Waals surface area contributed by atoms with Gasteiger partial charge in [0, 0.05) is 36.7 Å². The summed E-state index contributed by atoms with van der Waals surface area (Å²) in [6.07, 6.45) is 4.87. The summed E-state index contributed by atoms with van der Waals surface area (Å²) in [5.41, 5.74) is 7.19. The number of carbonyl (C=O) groups is 1. The van der Waals surface area contributed by atoms with Crippen molar-refractivity contribution in [1.29, 1.82) is 0 Å². The summed E-state index contributed by atoms with van der Waals surface area (Å²) in [6.45, 7) is 1.53. The molecule has 1 N–H and O–H groups in total. The Morgan fingerprint density at radius 3 is 3.00 bits per heavy atom. The first kappa shape index (κ1) is 18.1. The van der Waals surface area contributed by atoms with E-state index < -0.39 is 0 Å². The second kappa shape index (κ2) is 7.79. The maximum absolute atomic E-state index is 13.1. The monoisotopic (exact) mass is 402 g/mol. The van der Waals surface area contributed by atoms with E-state index in [1.54, 1.807) is 11.3 Å². The third-order valence-corrected chi connectivity index (χ3v) is 6.48. The number of thiazole rings is 1. The number of carbonyl (C=O) groups excluding carboxylic acids is 1. The lowest BCUT2D eigenvalue weighted by molar-refractivity contribution is 0.0706. The summed E-state index contributed by atoms with van der Waals surface area (Å²) >= 11 is 1.57. The van der Waals surface area contributed by atoms with Gasteiger partial charge in [-0.25, -0.2) is 4.98 Å². The highest BCUT2D eigenvalue weighted by Crippen LogP contribution is 2.30. The van der Waals surface area contributed by atoms with Crippen LogP contribution in [0.2, 0.25) is 0 Å². The van der Waals surface area contributed by atoms with Crippen molar-refractivity contribution in [2.75, 3.05) is 13.1 Å². The van der Waals surface area contributed by atoms with Crippen molar-refractivity contribution in [3.63, 3.8) is 0 Å². The van der Waals surface area contributed by atoms with Crippen molar-refractivity contribution in [2.24, 2.45) is 0 Å². The van der Waals surface area contributed by atoms with E-state index in [4.69, 9.17) is 0 Å². The predicted octanol–water partition coefficient (Wildman–Crippen LogP) is 4.63. The van der Waals surface area contributed by atoms with E-state index in [9.17, 15) is 4.79 Å². The van der Waals surface area contributed by atoms with Gasteiger partial charge in [0.15, 0.2) is 0 Å². The number of rotatable bonds is 4.